The van der Waals surface area contributed by atoms with E-state index in [2.05, 4.69) is 34.6 Å². The zero-order chi connectivity index (χ0) is 12.3. The van der Waals surface area contributed by atoms with Crippen molar-refractivity contribution in [2.45, 2.75) is 24.9 Å². The van der Waals surface area contributed by atoms with Gasteiger partial charge in [0.1, 0.15) is 0 Å². The van der Waals surface area contributed by atoms with Gasteiger partial charge in [-0.05, 0) is 18.4 Å². The van der Waals surface area contributed by atoms with Crippen molar-refractivity contribution in [3.63, 3.8) is 0 Å². The van der Waals surface area contributed by atoms with E-state index in [1.165, 1.54) is 5.56 Å². The molecule has 1 aromatic rings. The maximum Gasteiger partial charge on any atom is 0.157 e. The second-order valence-electron chi connectivity index (χ2n) is 4.91. The van der Waals surface area contributed by atoms with Crippen molar-refractivity contribution in [1.82, 2.24) is 5.32 Å². The largest absolute Gasteiger partial charge is 0.381 e. The van der Waals surface area contributed by atoms with Crippen molar-refractivity contribution in [2.75, 3.05) is 19.0 Å². The molecule has 2 fully saturated rings. The topological polar surface area (TPSA) is 33.6 Å². The van der Waals surface area contributed by atoms with Crippen molar-refractivity contribution in [3.05, 3.63) is 35.9 Å². The predicted molar refractivity (Wildman–Crippen MR) is 76.0 cm³/mol. The highest BCUT2D eigenvalue weighted by Crippen LogP contribution is 2.31. The third kappa shape index (κ3) is 2.70. The highest BCUT2D eigenvalue weighted by molar-refractivity contribution is 8.14. The van der Waals surface area contributed by atoms with Crippen LogP contribution >= 0.6 is 11.8 Å². The molecule has 4 heteroatoms. The van der Waals surface area contributed by atoms with E-state index in [4.69, 9.17) is 4.74 Å². The highest BCUT2D eigenvalue weighted by atomic mass is 32.2. The molecule has 2 heterocycles. The first kappa shape index (κ1) is 12.1. The highest BCUT2D eigenvalue weighted by Gasteiger charge is 2.38. The lowest BCUT2D eigenvalue weighted by atomic mass is 9.93. The molecule has 2 aliphatic heterocycles. The second kappa shape index (κ2) is 5.33. The molecule has 18 heavy (non-hydrogen) atoms. The molecule has 1 spiro atoms. The Bertz CT molecular complexity index is 427. The first-order chi connectivity index (χ1) is 8.86. The number of amidine groups is 1. The molecule has 0 aliphatic carbocycles. The van der Waals surface area contributed by atoms with Gasteiger partial charge < -0.3 is 10.1 Å². The summed E-state index contributed by atoms with van der Waals surface area (Å²) >= 11 is 1.85. The van der Waals surface area contributed by atoms with Crippen molar-refractivity contribution >= 4 is 16.9 Å². The zero-order valence-electron chi connectivity index (χ0n) is 10.4. The van der Waals surface area contributed by atoms with Crippen LogP contribution < -0.4 is 5.32 Å². The van der Waals surface area contributed by atoms with Gasteiger partial charge in [0.15, 0.2) is 5.17 Å². The van der Waals surface area contributed by atoms with E-state index in [0.717, 1.165) is 43.5 Å². The monoisotopic (exact) mass is 262 g/mol. The maximum absolute atomic E-state index is 5.43. The summed E-state index contributed by atoms with van der Waals surface area (Å²) in [5.74, 6) is 1.13. The molecule has 0 radical (unpaired) electrons. The van der Waals surface area contributed by atoms with Crippen LogP contribution in [0, 0.1) is 0 Å². The molecule has 3 rings (SSSR count). The summed E-state index contributed by atoms with van der Waals surface area (Å²) in [6.07, 6.45) is 2.20. The summed E-state index contributed by atoms with van der Waals surface area (Å²) < 4.78 is 5.43. The van der Waals surface area contributed by atoms with Crippen LogP contribution in [0.25, 0.3) is 0 Å². The van der Waals surface area contributed by atoms with Gasteiger partial charge in [0.05, 0.1) is 12.1 Å². The minimum Gasteiger partial charge on any atom is -0.381 e. The minimum absolute atomic E-state index is 0.248. The fraction of sp³-hybridized carbons (Fsp3) is 0.500. The van der Waals surface area contributed by atoms with Crippen LogP contribution in [-0.4, -0.2) is 29.7 Å². The van der Waals surface area contributed by atoms with Gasteiger partial charge in [-0.25, -0.2) is 0 Å². The molecule has 2 saturated heterocycles. The number of benzene rings is 1. The molecular formula is C14H18N2OS. The molecule has 0 amide bonds. The van der Waals surface area contributed by atoms with Crippen molar-refractivity contribution in [3.8, 4) is 0 Å². The number of hydrogen-bond acceptors (Lipinski definition) is 3. The Balaban J connectivity index is 1.61. The van der Waals surface area contributed by atoms with Gasteiger partial charge in [0, 0.05) is 19.0 Å². The van der Waals surface area contributed by atoms with Crippen LogP contribution in [0.15, 0.2) is 35.3 Å². The molecule has 0 aromatic heterocycles. The number of rotatable bonds is 2. The SMILES string of the molecule is c1ccc(CN=C2NC3(CCOCC3)CS2)cc1. The van der Waals surface area contributed by atoms with Crippen molar-refractivity contribution < 1.29 is 4.74 Å². The Morgan fingerprint density at radius 2 is 2.00 bits per heavy atom. The minimum atomic E-state index is 0.248. The lowest BCUT2D eigenvalue weighted by Gasteiger charge is -2.32. The number of ether oxygens (including phenoxy) is 1. The number of nitrogens with zero attached hydrogens (tertiary/aromatic N) is 1. The lowest BCUT2D eigenvalue weighted by molar-refractivity contribution is 0.0555. The third-order valence-electron chi connectivity index (χ3n) is 3.56. The summed E-state index contributed by atoms with van der Waals surface area (Å²) in [6.45, 7) is 2.52. The summed E-state index contributed by atoms with van der Waals surface area (Å²) in [5.41, 5.74) is 1.51. The van der Waals surface area contributed by atoms with Crippen LogP contribution in [0.2, 0.25) is 0 Å². The quantitative estimate of drug-likeness (QED) is 0.888. The number of hydrogen-bond donors (Lipinski definition) is 1. The van der Waals surface area contributed by atoms with E-state index in [-0.39, 0.29) is 5.54 Å². The van der Waals surface area contributed by atoms with Gasteiger partial charge in [-0.3, -0.25) is 4.99 Å². The van der Waals surface area contributed by atoms with E-state index in [0.29, 0.717) is 0 Å². The van der Waals surface area contributed by atoms with Crippen LogP contribution in [0.4, 0.5) is 0 Å². The van der Waals surface area contributed by atoms with E-state index in [1.807, 2.05) is 17.8 Å². The summed E-state index contributed by atoms with van der Waals surface area (Å²) in [5, 5.41) is 4.71. The number of nitrogens with one attached hydrogen (secondary N) is 1. The predicted octanol–water partition coefficient (Wildman–Crippen LogP) is 2.43. The Morgan fingerprint density at radius 3 is 2.78 bits per heavy atom. The molecule has 0 bridgehead atoms. The van der Waals surface area contributed by atoms with E-state index in [9.17, 15) is 0 Å². The van der Waals surface area contributed by atoms with Gasteiger partial charge in [-0.1, -0.05) is 42.1 Å². The molecule has 96 valence electrons. The Kier molecular flexibility index (Phi) is 3.57. The Morgan fingerprint density at radius 1 is 1.22 bits per heavy atom. The third-order valence-corrected chi connectivity index (χ3v) is 4.76. The Hall–Kier alpha value is -1.00. The zero-order valence-corrected chi connectivity index (χ0v) is 11.2. The molecule has 3 nitrogen and oxygen atoms in total. The molecular weight excluding hydrogens is 244 g/mol. The Labute approximate surface area is 112 Å². The van der Waals surface area contributed by atoms with Crippen LogP contribution in [0.1, 0.15) is 18.4 Å². The lowest BCUT2D eigenvalue weighted by Crippen LogP contribution is -2.48. The van der Waals surface area contributed by atoms with Crippen molar-refractivity contribution in [2.24, 2.45) is 4.99 Å². The standard InChI is InChI=1S/C14H18N2OS/c1-2-4-12(5-3-1)10-15-13-16-14(11-18-13)6-8-17-9-7-14/h1-5H,6-11H2,(H,15,16). The average molecular weight is 262 g/mol. The van der Waals surface area contributed by atoms with Gasteiger partial charge >= 0.3 is 0 Å². The maximum atomic E-state index is 5.43. The average Bonchev–Trinajstić information content (AvgIpc) is 2.82. The molecule has 2 aliphatic rings. The summed E-state index contributed by atoms with van der Waals surface area (Å²) in [7, 11) is 0. The summed E-state index contributed by atoms with van der Waals surface area (Å²) in [4.78, 5) is 4.67. The van der Waals surface area contributed by atoms with Crippen LogP contribution in [-0.2, 0) is 11.3 Å². The van der Waals surface area contributed by atoms with Gasteiger partial charge in [-0.2, -0.15) is 0 Å². The fourth-order valence-corrected chi connectivity index (χ4v) is 3.59. The van der Waals surface area contributed by atoms with E-state index >= 15 is 0 Å². The van der Waals surface area contributed by atoms with Crippen LogP contribution in [0.3, 0.4) is 0 Å². The van der Waals surface area contributed by atoms with E-state index in [1.54, 1.807) is 0 Å². The molecule has 1 N–H and O–H groups in total. The number of aliphatic imine (C=N–C) groups is 1. The normalized spacial score (nSPS) is 24.3. The van der Waals surface area contributed by atoms with Crippen LogP contribution in [0.5, 0.6) is 0 Å². The van der Waals surface area contributed by atoms with Crippen molar-refractivity contribution in [1.29, 1.82) is 0 Å². The first-order valence-corrected chi connectivity index (χ1v) is 7.42. The first-order valence-electron chi connectivity index (χ1n) is 6.43. The van der Waals surface area contributed by atoms with E-state index < -0.39 is 0 Å². The molecule has 0 atom stereocenters. The van der Waals surface area contributed by atoms with Gasteiger partial charge in [-0.15, -0.1) is 0 Å². The second-order valence-corrected chi connectivity index (χ2v) is 5.88. The van der Waals surface area contributed by atoms with Gasteiger partial charge in [0.25, 0.3) is 0 Å². The molecule has 1 aromatic carbocycles. The molecule has 0 unspecified atom stereocenters. The molecule has 0 saturated carbocycles. The summed E-state index contributed by atoms with van der Waals surface area (Å²) in [6, 6.07) is 10.4. The van der Waals surface area contributed by atoms with Gasteiger partial charge in [0.2, 0.25) is 0 Å². The smallest absolute Gasteiger partial charge is 0.157 e. The number of thioether (sulfide) groups is 1. The fourth-order valence-electron chi connectivity index (χ4n) is 2.37.